The lowest BCUT2D eigenvalue weighted by molar-refractivity contribution is -0.135. The quantitative estimate of drug-likeness (QED) is 0.841. The Hall–Kier alpha value is -1.67. The van der Waals surface area contributed by atoms with Crippen LogP contribution in [0, 0.1) is 5.92 Å². The summed E-state index contributed by atoms with van der Waals surface area (Å²) in [6, 6.07) is 2.48. The zero-order valence-corrected chi connectivity index (χ0v) is 12.9. The predicted octanol–water partition coefficient (Wildman–Crippen LogP) is -0.136. The van der Waals surface area contributed by atoms with Gasteiger partial charge in [0.25, 0.3) is 0 Å². The SMILES string of the molecule is CC(C)C(=O)N1CCN(S(=O)(=O)c2ccc(=O)[nH]c2)CC1. The minimum absolute atomic E-state index is 0.0380. The van der Waals surface area contributed by atoms with E-state index < -0.39 is 10.0 Å². The van der Waals surface area contributed by atoms with Gasteiger partial charge in [0.05, 0.1) is 4.90 Å². The van der Waals surface area contributed by atoms with Crippen molar-refractivity contribution >= 4 is 15.9 Å². The highest BCUT2D eigenvalue weighted by Gasteiger charge is 2.30. The van der Waals surface area contributed by atoms with Crippen molar-refractivity contribution in [1.29, 1.82) is 0 Å². The van der Waals surface area contributed by atoms with Crippen LogP contribution in [-0.4, -0.2) is 54.7 Å². The molecule has 0 unspecified atom stereocenters. The molecule has 0 bridgehead atoms. The number of rotatable bonds is 3. The lowest BCUT2D eigenvalue weighted by atomic mass is 10.2. The highest BCUT2D eigenvalue weighted by Crippen LogP contribution is 2.16. The highest BCUT2D eigenvalue weighted by molar-refractivity contribution is 7.89. The molecule has 1 aliphatic heterocycles. The summed E-state index contributed by atoms with van der Waals surface area (Å²) >= 11 is 0. The summed E-state index contributed by atoms with van der Waals surface area (Å²) in [7, 11) is -3.62. The van der Waals surface area contributed by atoms with Gasteiger partial charge in [-0.2, -0.15) is 4.31 Å². The molecule has 0 atom stereocenters. The molecule has 1 aromatic heterocycles. The second-order valence-corrected chi connectivity index (χ2v) is 7.21. The minimum Gasteiger partial charge on any atom is -0.340 e. The number of nitrogens with zero attached hydrogens (tertiary/aromatic N) is 2. The molecule has 7 nitrogen and oxygen atoms in total. The third kappa shape index (κ3) is 3.33. The topological polar surface area (TPSA) is 90.6 Å². The van der Waals surface area contributed by atoms with Gasteiger partial charge in [0.15, 0.2) is 0 Å². The van der Waals surface area contributed by atoms with Crippen molar-refractivity contribution in [3.8, 4) is 0 Å². The fourth-order valence-electron chi connectivity index (χ4n) is 2.22. The molecule has 0 aliphatic carbocycles. The molecule has 1 aromatic rings. The number of aromatic amines is 1. The molecule has 1 N–H and O–H groups in total. The van der Waals surface area contributed by atoms with E-state index in [0.717, 1.165) is 0 Å². The van der Waals surface area contributed by atoms with Gasteiger partial charge in [0.1, 0.15) is 0 Å². The molecule has 0 aromatic carbocycles. The monoisotopic (exact) mass is 313 g/mol. The first-order valence-corrected chi connectivity index (χ1v) is 8.24. The van der Waals surface area contributed by atoms with E-state index in [1.54, 1.807) is 4.90 Å². The fourth-order valence-corrected chi connectivity index (χ4v) is 3.61. The number of nitrogens with one attached hydrogen (secondary N) is 1. The van der Waals surface area contributed by atoms with Crippen LogP contribution < -0.4 is 5.56 Å². The maximum absolute atomic E-state index is 12.4. The number of hydrogen-bond acceptors (Lipinski definition) is 4. The van der Waals surface area contributed by atoms with Crippen molar-refractivity contribution in [2.75, 3.05) is 26.2 Å². The van der Waals surface area contributed by atoms with Crippen LogP contribution in [0.5, 0.6) is 0 Å². The molecule has 1 saturated heterocycles. The largest absolute Gasteiger partial charge is 0.340 e. The lowest BCUT2D eigenvalue weighted by Crippen LogP contribution is -2.51. The molecule has 1 aliphatic rings. The van der Waals surface area contributed by atoms with Crippen LogP contribution in [0.4, 0.5) is 0 Å². The molecule has 2 heterocycles. The van der Waals surface area contributed by atoms with E-state index in [4.69, 9.17) is 0 Å². The van der Waals surface area contributed by atoms with Gasteiger partial charge in [0, 0.05) is 44.4 Å². The molecule has 1 amide bonds. The average molecular weight is 313 g/mol. The summed E-state index contributed by atoms with van der Waals surface area (Å²) in [6.07, 6.45) is 1.20. The first kappa shape index (κ1) is 15.7. The highest BCUT2D eigenvalue weighted by atomic mass is 32.2. The maximum Gasteiger partial charge on any atom is 0.247 e. The summed E-state index contributed by atoms with van der Waals surface area (Å²) in [5.41, 5.74) is -0.346. The smallest absolute Gasteiger partial charge is 0.247 e. The second-order valence-electron chi connectivity index (χ2n) is 5.27. The van der Waals surface area contributed by atoms with E-state index in [2.05, 4.69) is 4.98 Å². The Morgan fingerprint density at radius 1 is 1.19 bits per heavy atom. The Kier molecular flexibility index (Phi) is 4.48. The van der Waals surface area contributed by atoms with Gasteiger partial charge in [-0.1, -0.05) is 13.8 Å². The first-order valence-electron chi connectivity index (χ1n) is 6.80. The van der Waals surface area contributed by atoms with Crippen LogP contribution in [-0.2, 0) is 14.8 Å². The number of H-pyrrole nitrogens is 1. The van der Waals surface area contributed by atoms with E-state index in [-0.39, 0.29) is 35.4 Å². The number of amides is 1. The van der Waals surface area contributed by atoms with Gasteiger partial charge in [-0.15, -0.1) is 0 Å². The van der Waals surface area contributed by atoms with Crippen molar-refractivity contribution < 1.29 is 13.2 Å². The zero-order valence-electron chi connectivity index (χ0n) is 12.1. The van der Waals surface area contributed by atoms with E-state index in [1.165, 1.54) is 22.6 Å². The second kappa shape index (κ2) is 5.98. The Labute approximate surface area is 123 Å². The maximum atomic E-state index is 12.4. The Balaban J connectivity index is 2.09. The summed E-state index contributed by atoms with van der Waals surface area (Å²) in [6.45, 7) is 4.95. The molecular formula is C13H19N3O4S. The molecule has 2 rings (SSSR count). The number of carbonyl (C=O) groups is 1. The van der Waals surface area contributed by atoms with Gasteiger partial charge in [-0.25, -0.2) is 8.42 Å². The molecule has 0 spiro atoms. The van der Waals surface area contributed by atoms with Crippen LogP contribution in [0.3, 0.4) is 0 Å². The number of hydrogen-bond donors (Lipinski definition) is 1. The van der Waals surface area contributed by atoms with Crippen LogP contribution >= 0.6 is 0 Å². The molecule has 116 valence electrons. The molecule has 8 heteroatoms. The number of aromatic nitrogens is 1. The van der Waals surface area contributed by atoms with Crippen LogP contribution in [0.1, 0.15) is 13.8 Å². The number of sulfonamides is 1. The lowest BCUT2D eigenvalue weighted by Gasteiger charge is -2.34. The van der Waals surface area contributed by atoms with Gasteiger partial charge in [0.2, 0.25) is 21.5 Å². The summed E-state index contributed by atoms with van der Waals surface area (Å²) in [5, 5.41) is 0. The van der Waals surface area contributed by atoms with E-state index >= 15 is 0 Å². The number of pyridine rings is 1. The van der Waals surface area contributed by atoms with Crippen LogP contribution in [0.25, 0.3) is 0 Å². The van der Waals surface area contributed by atoms with Crippen molar-refractivity contribution in [2.24, 2.45) is 5.92 Å². The van der Waals surface area contributed by atoms with Crippen molar-refractivity contribution in [2.45, 2.75) is 18.7 Å². The average Bonchev–Trinajstić information content (AvgIpc) is 2.47. The van der Waals surface area contributed by atoms with Gasteiger partial charge in [-0.3, -0.25) is 9.59 Å². The first-order chi connectivity index (χ1) is 9.82. The Bertz CT molecular complexity index is 652. The van der Waals surface area contributed by atoms with Crippen molar-refractivity contribution in [3.05, 3.63) is 28.7 Å². The number of piperazine rings is 1. The third-order valence-corrected chi connectivity index (χ3v) is 5.33. The number of carbonyl (C=O) groups excluding carboxylic acids is 1. The van der Waals surface area contributed by atoms with Gasteiger partial charge >= 0.3 is 0 Å². The molecule has 0 radical (unpaired) electrons. The standard InChI is InChI=1S/C13H19N3O4S/c1-10(2)13(18)15-5-7-16(8-6-15)21(19,20)11-3-4-12(17)14-9-11/h3-4,9-10H,5-8H2,1-2H3,(H,14,17). The normalized spacial score (nSPS) is 17.2. The molecule has 0 saturated carbocycles. The van der Waals surface area contributed by atoms with Crippen LogP contribution in [0.2, 0.25) is 0 Å². The fraction of sp³-hybridized carbons (Fsp3) is 0.538. The third-order valence-electron chi connectivity index (χ3n) is 3.44. The van der Waals surface area contributed by atoms with E-state index in [0.29, 0.717) is 13.1 Å². The minimum atomic E-state index is -3.62. The van der Waals surface area contributed by atoms with Crippen LogP contribution in [0.15, 0.2) is 28.0 Å². The van der Waals surface area contributed by atoms with Gasteiger partial charge in [-0.05, 0) is 6.07 Å². The van der Waals surface area contributed by atoms with Gasteiger partial charge < -0.3 is 9.88 Å². The Morgan fingerprint density at radius 3 is 2.29 bits per heavy atom. The molecule has 21 heavy (non-hydrogen) atoms. The summed E-state index contributed by atoms with van der Waals surface area (Å²) in [4.78, 5) is 27.0. The summed E-state index contributed by atoms with van der Waals surface area (Å²) in [5.74, 6) is -0.0524. The predicted molar refractivity (Wildman–Crippen MR) is 77.2 cm³/mol. The molecular weight excluding hydrogens is 294 g/mol. The van der Waals surface area contributed by atoms with E-state index in [1.807, 2.05) is 13.8 Å². The molecule has 1 fully saturated rings. The van der Waals surface area contributed by atoms with Crippen molar-refractivity contribution in [1.82, 2.24) is 14.2 Å². The van der Waals surface area contributed by atoms with Crippen molar-refractivity contribution in [3.63, 3.8) is 0 Å². The van der Waals surface area contributed by atoms with E-state index in [9.17, 15) is 18.0 Å². The zero-order chi connectivity index (χ0) is 15.6. The summed E-state index contributed by atoms with van der Waals surface area (Å²) < 4.78 is 26.2. The Morgan fingerprint density at radius 2 is 1.81 bits per heavy atom.